The Hall–Kier alpha value is -2.15. The third kappa shape index (κ3) is 3.13. The van der Waals surface area contributed by atoms with Gasteiger partial charge in [0.25, 0.3) is 0 Å². The molecule has 106 valence electrons. The molecule has 0 spiro atoms. The predicted molar refractivity (Wildman–Crippen MR) is 90.4 cm³/mol. The molecule has 0 saturated carbocycles. The molecule has 3 aromatic rings. The Morgan fingerprint density at radius 2 is 1.62 bits per heavy atom. The maximum Gasteiger partial charge on any atom is 0.0711 e. The molecule has 1 heteroatoms. The molecule has 3 rings (SSSR count). The van der Waals surface area contributed by atoms with Gasteiger partial charge in [-0.25, -0.2) is 0 Å². The maximum atomic E-state index is 4.83. The van der Waals surface area contributed by atoms with Crippen molar-refractivity contribution in [1.82, 2.24) is 4.98 Å². The number of aromatic nitrogens is 1. The lowest BCUT2D eigenvalue weighted by molar-refractivity contribution is 0.709. The molecule has 0 aliphatic carbocycles. The van der Waals surface area contributed by atoms with Crippen molar-refractivity contribution in [2.45, 2.75) is 32.6 Å². The van der Waals surface area contributed by atoms with Gasteiger partial charge in [-0.05, 0) is 36.1 Å². The molecule has 2 aromatic carbocycles. The number of rotatable bonds is 5. The average molecular weight is 275 g/mol. The molecule has 0 unspecified atom stereocenters. The molecule has 0 saturated heterocycles. The van der Waals surface area contributed by atoms with Crippen LogP contribution in [0, 0.1) is 0 Å². The minimum absolute atomic E-state index is 1.07. The van der Waals surface area contributed by atoms with Crippen LogP contribution in [0.5, 0.6) is 0 Å². The lowest BCUT2D eigenvalue weighted by Crippen LogP contribution is -1.94. The molecule has 0 atom stereocenters. The van der Waals surface area contributed by atoms with E-state index in [1.807, 2.05) is 0 Å². The number of benzene rings is 2. The van der Waals surface area contributed by atoms with E-state index in [2.05, 4.69) is 67.6 Å². The Kier molecular flexibility index (Phi) is 4.30. The molecule has 0 amide bonds. The van der Waals surface area contributed by atoms with Crippen LogP contribution in [0.4, 0.5) is 0 Å². The van der Waals surface area contributed by atoms with Crippen molar-refractivity contribution in [3.05, 3.63) is 66.4 Å². The van der Waals surface area contributed by atoms with Gasteiger partial charge < -0.3 is 0 Å². The highest BCUT2D eigenvalue weighted by atomic mass is 14.7. The quantitative estimate of drug-likeness (QED) is 0.549. The van der Waals surface area contributed by atoms with Gasteiger partial charge in [0.15, 0.2) is 0 Å². The zero-order valence-electron chi connectivity index (χ0n) is 12.5. The second-order valence-electron chi connectivity index (χ2n) is 5.50. The Bertz CT molecular complexity index is 716. The van der Waals surface area contributed by atoms with Crippen LogP contribution >= 0.6 is 0 Å². The first kappa shape index (κ1) is 13.8. The van der Waals surface area contributed by atoms with Crippen molar-refractivity contribution in [2.24, 2.45) is 0 Å². The molecular weight excluding hydrogens is 254 g/mol. The topological polar surface area (TPSA) is 12.9 Å². The first-order chi connectivity index (χ1) is 10.4. The number of nitrogens with zero attached hydrogens (tertiary/aromatic N) is 1. The molecule has 0 bridgehead atoms. The fourth-order valence-corrected chi connectivity index (χ4v) is 2.77. The van der Waals surface area contributed by atoms with Crippen molar-refractivity contribution in [3.63, 3.8) is 0 Å². The number of hydrogen-bond acceptors (Lipinski definition) is 1. The standard InChI is InChI=1S/C20H21N/c1-2-3-5-12-17-15-19(16-10-6-4-7-11-16)18-13-8-9-14-20(18)21-17/h4,6-11,13-15H,2-3,5,12H2,1H3. The first-order valence-corrected chi connectivity index (χ1v) is 7.82. The number of unbranched alkanes of at least 4 members (excludes halogenated alkanes) is 2. The molecule has 0 fully saturated rings. The molecule has 1 nitrogen and oxygen atoms in total. The van der Waals surface area contributed by atoms with E-state index in [-0.39, 0.29) is 0 Å². The molecule has 0 radical (unpaired) electrons. The van der Waals surface area contributed by atoms with Crippen LogP contribution in [0.2, 0.25) is 0 Å². The van der Waals surface area contributed by atoms with Crippen LogP contribution in [0.1, 0.15) is 31.9 Å². The molecule has 0 aliphatic heterocycles. The van der Waals surface area contributed by atoms with E-state index in [4.69, 9.17) is 4.98 Å². The summed E-state index contributed by atoms with van der Waals surface area (Å²) in [6, 6.07) is 21.3. The number of hydrogen-bond donors (Lipinski definition) is 0. The van der Waals surface area contributed by atoms with Crippen molar-refractivity contribution in [3.8, 4) is 11.1 Å². The van der Waals surface area contributed by atoms with Gasteiger partial charge in [0, 0.05) is 11.1 Å². The van der Waals surface area contributed by atoms with E-state index in [0.29, 0.717) is 0 Å². The Labute approximate surface area is 126 Å². The van der Waals surface area contributed by atoms with E-state index >= 15 is 0 Å². The minimum Gasteiger partial charge on any atom is -0.253 e. The summed E-state index contributed by atoms with van der Waals surface area (Å²) < 4.78 is 0. The summed E-state index contributed by atoms with van der Waals surface area (Å²) in [5.41, 5.74) is 4.88. The Balaban J connectivity index is 2.08. The Morgan fingerprint density at radius 3 is 2.43 bits per heavy atom. The Morgan fingerprint density at radius 1 is 0.857 bits per heavy atom. The average Bonchev–Trinajstić information content (AvgIpc) is 2.55. The predicted octanol–water partition coefficient (Wildman–Crippen LogP) is 5.63. The summed E-state index contributed by atoms with van der Waals surface area (Å²) in [5, 5.41) is 1.24. The van der Waals surface area contributed by atoms with Gasteiger partial charge in [0.05, 0.1) is 5.52 Å². The number of fused-ring (bicyclic) bond motifs is 1. The van der Waals surface area contributed by atoms with E-state index in [0.717, 1.165) is 11.9 Å². The van der Waals surface area contributed by atoms with Crippen molar-refractivity contribution < 1.29 is 0 Å². The van der Waals surface area contributed by atoms with Crippen LogP contribution in [0.25, 0.3) is 22.0 Å². The van der Waals surface area contributed by atoms with Gasteiger partial charge in [-0.2, -0.15) is 0 Å². The lowest BCUT2D eigenvalue weighted by Gasteiger charge is -2.10. The zero-order valence-corrected chi connectivity index (χ0v) is 12.5. The van der Waals surface area contributed by atoms with Crippen LogP contribution < -0.4 is 0 Å². The molecule has 0 N–H and O–H groups in total. The van der Waals surface area contributed by atoms with Gasteiger partial charge >= 0.3 is 0 Å². The third-order valence-corrected chi connectivity index (χ3v) is 3.89. The van der Waals surface area contributed by atoms with E-state index in [1.165, 1.54) is 41.5 Å². The third-order valence-electron chi connectivity index (χ3n) is 3.89. The summed E-state index contributed by atoms with van der Waals surface area (Å²) in [5.74, 6) is 0. The fourth-order valence-electron chi connectivity index (χ4n) is 2.77. The van der Waals surface area contributed by atoms with Gasteiger partial charge in [-0.15, -0.1) is 0 Å². The minimum atomic E-state index is 1.07. The number of aryl methyl sites for hydroxylation is 1. The van der Waals surface area contributed by atoms with Crippen LogP contribution in [0.3, 0.4) is 0 Å². The second-order valence-corrected chi connectivity index (χ2v) is 5.50. The van der Waals surface area contributed by atoms with Crippen LogP contribution in [-0.4, -0.2) is 4.98 Å². The molecule has 1 heterocycles. The smallest absolute Gasteiger partial charge is 0.0711 e. The first-order valence-electron chi connectivity index (χ1n) is 7.82. The summed E-state index contributed by atoms with van der Waals surface area (Å²) in [6.07, 6.45) is 4.81. The fraction of sp³-hybridized carbons (Fsp3) is 0.250. The van der Waals surface area contributed by atoms with Crippen LogP contribution in [0.15, 0.2) is 60.7 Å². The highest BCUT2D eigenvalue weighted by molar-refractivity contribution is 5.94. The van der Waals surface area contributed by atoms with Gasteiger partial charge in [0.2, 0.25) is 0 Å². The molecule has 21 heavy (non-hydrogen) atoms. The second kappa shape index (κ2) is 6.53. The highest BCUT2D eigenvalue weighted by Crippen LogP contribution is 2.28. The zero-order chi connectivity index (χ0) is 14.5. The molecule has 1 aromatic heterocycles. The maximum absolute atomic E-state index is 4.83. The van der Waals surface area contributed by atoms with Crippen molar-refractivity contribution >= 4 is 10.9 Å². The summed E-state index contributed by atoms with van der Waals surface area (Å²) in [6.45, 7) is 2.24. The van der Waals surface area contributed by atoms with E-state index in [9.17, 15) is 0 Å². The largest absolute Gasteiger partial charge is 0.253 e. The summed E-state index contributed by atoms with van der Waals surface area (Å²) >= 11 is 0. The lowest BCUT2D eigenvalue weighted by atomic mass is 9.99. The normalized spacial score (nSPS) is 10.9. The molecular formula is C20H21N. The van der Waals surface area contributed by atoms with Gasteiger partial charge in [-0.1, -0.05) is 68.3 Å². The SMILES string of the molecule is CCCCCc1cc(-c2ccccc2)c2ccccc2n1. The number of pyridine rings is 1. The monoisotopic (exact) mass is 275 g/mol. The van der Waals surface area contributed by atoms with Crippen molar-refractivity contribution in [2.75, 3.05) is 0 Å². The van der Waals surface area contributed by atoms with E-state index in [1.54, 1.807) is 0 Å². The highest BCUT2D eigenvalue weighted by Gasteiger charge is 2.07. The van der Waals surface area contributed by atoms with Crippen LogP contribution in [-0.2, 0) is 6.42 Å². The van der Waals surface area contributed by atoms with E-state index < -0.39 is 0 Å². The van der Waals surface area contributed by atoms with Gasteiger partial charge in [0.1, 0.15) is 0 Å². The molecule has 0 aliphatic rings. The summed E-state index contributed by atoms with van der Waals surface area (Å²) in [4.78, 5) is 4.83. The van der Waals surface area contributed by atoms with Crippen molar-refractivity contribution in [1.29, 1.82) is 0 Å². The van der Waals surface area contributed by atoms with Gasteiger partial charge in [-0.3, -0.25) is 4.98 Å². The number of para-hydroxylation sites is 1. The summed E-state index contributed by atoms with van der Waals surface area (Å²) in [7, 11) is 0.